The van der Waals surface area contributed by atoms with E-state index >= 15 is 0 Å². The zero-order chi connectivity index (χ0) is 10.8. The maximum atomic E-state index is 11.6. The molecule has 0 bridgehead atoms. The van der Waals surface area contributed by atoms with Gasteiger partial charge < -0.3 is 9.26 Å². The van der Waals surface area contributed by atoms with Crippen LogP contribution < -0.4 is 0 Å². The van der Waals surface area contributed by atoms with E-state index in [2.05, 4.69) is 5.16 Å². The highest BCUT2D eigenvalue weighted by Crippen LogP contribution is 2.41. The first-order valence-corrected chi connectivity index (χ1v) is 4.89. The zero-order valence-electron chi connectivity index (χ0n) is 8.36. The van der Waals surface area contributed by atoms with Crippen LogP contribution in [0.1, 0.15) is 52.3 Å². The second-order valence-electron chi connectivity index (χ2n) is 3.42. The van der Waals surface area contributed by atoms with Crippen LogP contribution in [-0.4, -0.2) is 24.0 Å². The van der Waals surface area contributed by atoms with Gasteiger partial charge in [0, 0.05) is 5.92 Å². The highest BCUT2D eigenvalue weighted by molar-refractivity contribution is 5.97. The number of esters is 1. The molecule has 0 saturated heterocycles. The molecule has 0 aliphatic heterocycles. The number of carbonyl (C=O) groups excluding carboxylic acids is 2. The summed E-state index contributed by atoms with van der Waals surface area (Å²) in [7, 11) is 0. The predicted molar refractivity (Wildman–Crippen MR) is 49.8 cm³/mol. The topological polar surface area (TPSA) is 69.4 Å². The maximum Gasteiger partial charge on any atom is 0.344 e. The molecule has 1 aromatic heterocycles. The number of rotatable bonds is 4. The molecular formula is C10H11NO4. The molecule has 2 rings (SSSR count). The lowest BCUT2D eigenvalue weighted by atomic mass is 10.1. The van der Waals surface area contributed by atoms with Crippen molar-refractivity contribution in [3.8, 4) is 0 Å². The predicted octanol–water partition coefficient (Wildman–Crippen LogP) is 1.54. The van der Waals surface area contributed by atoms with Crippen molar-refractivity contribution in [2.24, 2.45) is 0 Å². The van der Waals surface area contributed by atoms with Crippen LogP contribution in [0.25, 0.3) is 0 Å². The van der Waals surface area contributed by atoms with Crippen molar-refractivity contribution in [3.05, 3.63) is 17.0 Å². The van der Waals surface area contributed by atoms with Gasteiger partial charge in [-0.05, 0) is 19.8 Å². The number of nitrogens with zero attached hydrogens (tertiary/aromatic N) is 1. The molecule has 1 fully saturated rings. The molecule has 0 atom stereocenters. The summed E-state index contributed by atoms with van der Waals surface area (Å²) in [6, 6.07) is 0. The summed E-state index contributed by atoms with van der Waals surface area (Å²) in [5.74, 6) is -0.306. The Morgan fingerprint density at radius 1 is 1.67 bits per heavy atom. The van der Waals surface area contributed by atoms with Crippen LogP contribution in [-0.2, 0) is 4.74 Å². The van der Waals surface area contributed by atoms with Crippen LogP contribution in [0.15, 0.2) is 4.52 Å². The molecule has 0 amide bonds. The van der Waals surface area contributed by atoms with Gasteiger partial charge in [0.15, 0.2) is 6.29 Å². The third kappa shape index (κ3) is 1.77. The standard InChI is InChI=1S/C10H11NO4/c1-2-14-10(13)8-7(5-12)15-11-9(8)6-3-4-6/h5-6H,2-4H2,1H3. The van der Waals surface area contributed by atoms with Gasteiger partial charge >= 0.3 is 5.97 Å². The summed E-state index contributed by atoms with van der Waals surface area (Å²) in [4.78, 5) is 22.2. The van der Waals surface area contributed by atoms with Gasteiger partial charge in [0.25, 0.3) is 0 Å². The molecule has 0 unspecified atom stereocenters. The van der Waals surface area contributed by atoms with E-state index in [1.807, 2.05) is 0 Å². The van der Waals surface area contributed by atoms with E-state index in [4.69, 9.17) is 9.26 Å². The van der Waals surface area contributed by atoms with E-state index in [1.54, 1.807) is 6.92 Å². The van der Waals surface area contributed by atoms with Gasteiger partial charge in [0.2, 0.25) is 5.76 Å². The summed E-state index contributed by atoms with van der Waals surface area (Å²) < 4.78 is 9.64. The van der Waals surface area contributed by atoms with E-state index in [-0.39, 0.29) is 23.8 Å². The van der Waals surface area contributed by atoms with Crippen LogP contribution in [0.2, 0.25) is 0 Å². The summed E-state index contributed by atoms with van der Waals surface area (Å²) >= 11 is 0. The lowest BCUT2D eigenvalue weighted by Gasteiger charge is -2.00. The highest BCUT2D eigenvalue weighted by Gasteiger charge is 2.34. The van der Waals surface area contributed by atoms with Gasteiger partial charge in [0.1, 0.15) is 11.3 Å². The molecule has 1 aliphatic carbocycles. The van der Waals surface area contributed by atoms with Gasteiger partial charge in [-0.3, -0.25) is 4.79 Å². The van der Waals surface area contributed by atoms with Crippen molar-refractivity contribution in [1.82, 2.24) is 5.16 Å². The summed E-state index contributed by atoms with van der Waals surface area (Å²) in [5.41, 5.74) is 0.768. The van der Waals surface area contributed by atoms with Gasteiger partial charge in [-0.25, -0.2) is 4.79 Å². The van der Waals surface area contributed by atoms with E-state index in [1.165, 1.54) is 0 Å². The third-order valence-electron chi connectivity index (χ3n) is 2.30. The van der Waals surface area contributed by atoms with E-state index in [9.17, 15) is 9.59 Å². The lowest BCUT2D eigenvalue weighted by Crippen LogP contribution is -2.08. The Balaban J connectivity index is 2.35. The van der Waals surface area contributed by atoms with Crippen LogP contribution in [0.4, 0.5) is 0 Å². The fourth-order valence-corrected chi connectivity index (χ4v) is 1.44. The highest BCUT2D eigenvalue weighted by atomic mass is 16.5. The maximum absolute atomic E-state index is 11.6. The molecule has 15 heavy (non-hydrogen) atoms. The Kier molecular flexibility index (Phi) is 2.53. The van der Waals surface area contributed by atoms with Crippen molar-refractivity contribution in [2.45, 2.75) is 25.7 Å². The summed E-state index contributed by atoms with van der Waals surface area (Å²) in [5, 5.41) is 3.75. The Morgan fingerprint density at radius 3 is 2.93 bits per heavy atom. The number of ether oxygens (including phenoxy) is 1. The monoisotopic (exact) mass is 209 g/mol. The van der Waals surface area contributed by atoms with Gasteiger partial charge in [0.05, 0.1) is 6.61 Å². The van der Waals surface area contributed by atoms with Gasteiger partial charge in [-0.1, -0.05) is 5.16 Å². The average Bonchev–Trinajstić information content (AvgIpc) is 2.98. The molecule has 0 spiro atoms. The van der Waals surface area contributed by atoms with Crippen molar-refractivity contribution < 1.29 is 18.8 Å². The number of hydrogen-bond acceptors (Lipinski definition) is 5. The fraction of sp³-hybridized carbons (Fsp3) is 0.500. The second-order valence-corrected chi connectivity index (χ2v) is 3.42. The molecule has 1 aliphatic rings. The normalized spacial score (nSPS) is 15.0. The van der Waals surface area contributed by atoms with Crippen LogP contribution in [0, 0.1) is 0 Å². The first-order valence-electron chi connectivity index (χ1n) is 4.89. The number of carbonyl (C=O) groups is 2. The Labute approximate surface area is 86.4 Å². The van der Waals surface area contributed by atoms with Crippen molar-refractivity contribution in [3.63, 3.8) is 0 Å². The summed E-state index contributed by atoms with van der Waals surface area (Å²) in [6.45, 7) is 1.98. The molecule has 5 heteroatoms. The smallest absolute Gasteiger partial charge is 0.344 e. The van der Waals surface area contributed by atoms with Crippen molar-refractivity contribution >= 4 is 12.3 Å². The molecule has 1 aromatic rings. The molecule has 1 heterocycles. The van der Waals surface area contributed by atoms with Crippen molar-refractivity contribution in [1.29, 1.82) is 0 Å². The van der Waals surface area contributed by atoms with Gasteiger partial charge in [-0.2, -0.15) is 0 Å². The molecular weight excluding hydrogens is 198 g/mol. The van der Waals surface area contributed by atoms with Gasteiger partial charge in [-0.15, -0.1) is 0 Å². The van der Waals surface area contributed by atoms with Crippen LogP contribution in [0.5, 0.6) is 0 Å². The fourth-order valence-electron chi connectivity index (χ4n) is 1.44. The minimum atomic E-state index is -0.525. The Morgan fingerprint density at radius 2 is 2.40 bits per heavy atom. The largest absolute Gasteiger partial charge is 0.462 e. The molecule has 1 saturated carbocycles. The summed E-state index contributed by atoms with van der Waals surface area (Å²) in [6.07, 6.45) is 2.46. The first-order chi connectivity index (χ1) is 7.27. The molecule has 0 aromatic carbocycles. The quantitative estimate of drug-likeness (QED) is 0.555. The number of aldehydes is 1. The lowest BCUT2D eigenvalue weighted by molar-refractivity contribution is 0.0521. The molecule has 80 valence electrons. The average molecular weight is 209 g/mol. The third-order valence-corrected chi connectivity index (χ3v) is 2.30. The number of hydrogen-bond donors (Lipinski definition) is 0. The SMILES string of the molecule is CCOC(=O)c1c(C2CC2)noc1C=O. The Bertz CT molecular complexity index is 392. The van der Waals surface area contributed by atoms with Crippen molar-refractivity contribution in [2.75, 3.05) is 6.61 Å². The minimum Gasteiger partial charge on any atom is -0.462 e. The number of aromatic nitrogens is 1. The van der Waals surface area contributed by atoms with E-state index < -0.39 is 5.97 Å². The molecule has 0 N–H and O–H groups in total. The molecule has 5 nitrogen and oxygen atoms in total. The van der Waals surface area contributed by atoms with E-state index in [0.29, 0.717) is 12.0 Å². The molecule has 0 radical (unpaired) electrons. The zero-order valence-corrected chi connectivity index (χ0v) is 8.36. The van der Waals surface area contributed by atoms with Crippen LogP contribution in [0.3, 0.4) is 0 Å². The first kappa shape index (κ1) is 9.89. The minimum absolute atomic E-state index is 0.0321. The second kappa shape index (κ2) is 3.84. The Hall–Kier alpha value is -1.65. The van der Waals surface area contributed by atoms with E-state index in [0.717, 1.165) is 12.8 Å². The van der Waals surface area contributed by atoms with Crippen LogP contribution >= 0.6 is 0 Å².